The van der Waals surface area contributed by atoms with Gasteiger partial charge in [0.25, 0.3) is 5.91 Å². The van der Waals surface area contributed by atoms with Crippen molar-refractivity contribution in [1.29, 1.82) is 0 Å². The van der Waals surface area contributed by atoms with Gasteiger partial charge in [0, 0.05) is 22.9 Å². The van der Waals surface area contributed by atoms with Gasteiger partial charge in [0.2, 0.25) is 0 Å². The van der Waals surface area contributed by atoms with E-state index in [1.54, 1.807) is 50.2 Å². The average Bonchev–Trinajstić information content (AvgIpc) is 3.09. The lowest BCUT2D eigenvalue weighted by Crippen LogP contribution is -2.32. The van der Waals surface area contributed by atoms with E-state index in [-0.39, 0.29) is 36.9 Å². The van der Waals surface area contributed by atoms with Crippen molar-refractivity contribution in [3.8, 4) is 11.5 Å². The van der Waals surface area contributed by atoms with Crippen LogP contribution in [0.25, 0.3) is 0 Å². The van der Waals surface area contributed by atoms with Crippen LogP contribution in [0.2, 0.25) is 0 Å². The Bertz CT molecular complexity index is 1490. The second kappa shape index (κ2) is 22.6. The Hall–Kier alpha value is -4.03. The maximum Gasteiger partial charge on any atom is 0.365 e. The molecule has 3 rings (SSSR count). The van der Waals surface area contributed by atoms with E-state index in [4.69, 9.17) is 18.9 Å². The molecule has 0 unspecified atom stereocenters. The highest BCUT2D eigenvalue weighted by Gasteiger charge is 2.22. The predicted octanol–water partition coefficient (Wildman–Crippen LogP) is 8.65. The topological polar surface area (TPSA) is 101 Å². The van der Waals surface area contributed by atoms with E-state index in [2.05, 4.69) is 26.8 Å². The van der Waals surface area contributed by atoms with Crippen LogP contribution in [0.1, 0.15) is 85.8 Å². The highest BCUT2D eigenvalue weighted by molar-refractivity contribution is 9.10. The number of carbonyl (C=O) groups excluding carboxylic acids is 3. The molecule has 50 heavy (non-hydrogen) atoms. The summed E-state index contributed by atoms with van der Waals surface area (Å²) in [6.45, 7) is 1.69. The van der Waals surface area contributed by atoms with E-state index in [0.717, 1.165) is 43.2 Å². The maximum atomic E-state index is 13.2. The number of amides is 1. The highest BCUT2D eigenvalue weighted by Crippen LogP contribution is 2.27. The van der Waals surface area contributed by atoms with Gasteiger partial charge in [-0.05, 0) is 86.9 Å². The second-order valence-electron chi connectivity index (χ2n) is 11.3. The van der Waals surface area contributed by atoms with E-state index >= 15 is 0 Å². The zero-order chi connectivity index (χ0) is 36.1. The normalized spacial score (nSPS) is 10.9. The van der Waals surface area contributed by atoms with Crippen LogP contribution < -0.4 is 9.47 Å². The van der Waals surface area contributed by atoms with Crippen LogP contribution in [0.15, 0.2) is 71.2 Å². The van der Waals surface area contributed by atoms with Gasteiger partial charge in [0.1, 0.15) is 11.5 Å². The number of hydroxylamine groups is 2. The molecule has 0 fully saturated rings. The molecular weight excluding hydrogens is 716 g/mol. The summed E-state index contributed by atoms with van der Waals surface area (Å²) >= 11 is 3.39. The van der Waals surface area contributed by atoms with Crippen molar-refractivity contribution in [2.45, 2.75) is 84.8 Å². The minimum Gasteiger partial charge on any atom is -0.494 e. The molecule has 0 aliphatic heterocycles. The van der Waals surface area contributed by atoms with Crippen molar-refractivity contribution in [1.82, 2.24) is 5.06 Å². The molecule has 0 saturated carbocycles. The van der Waals surface area contributed by atoms with Gasteiger partial charge in [-0.2, -0.15) is 8.78 Å². The molecule has 9 nitrogen and oxygen atoms in total. The lowest BCUT2D eigenvalue weighted by atomic mass is 9.96. The van der Waals surface area contributed by atoms with E-state index in [9.17, 15) is 23.2 Å². The first kappa shape index (κ1) is 40.4. The summed E-state index contributed by atoms with van der Waals surface area (Å²) in [6.07, 6.45) is 5.86. The fourth-order valence-electron chi connectivity index (χ4n) is 5.23. The Morgan fingerprint density at radius 2 is 1.46 bits per heavy atom. The number of ether oxygens (including phenoxy) is 4. The van der Waals surface area contributed by atoms with Crippen molar-refractivity contribution < 1.29 is 46.9 Å². The minimum absolute atomic E-state index is 0.145. The summed E-state index contributed by atoms with van der Waals surface area (Å²) in [5.41, 5.74) is 2.87. The Morgan fingerprint density at radius 3 is 2.18 bits per heavy atom. The number of aryl methyl sites for hydroxylation is 1. The third-order valence-corrected chi connectivity index (χ3v) is 7.99. The number of esters is 2. The van der Waals surface area contributed by atoms with Crippen molar-refractivity contribution in [2.75, 3.05) is 26.4 Å². The molecular formula is C38H46BrF2NO8. The molecule has 272 valence electrons. The van der Waals surface area contributed by atoms with Crippen molar-refractivity contribution >= 4 is 33.8 Å². The molecule has 0 N–H and O–H groups in total. The molecule has 3 aromatic rings. The molecule has 12 heteroatoms. The van der Waals surface area contributed by atoms with E-state index in [1.807, 2.05) is 12.1 Å². The first-order valence-corrected chi connectivity index (χ1v) is 17.8. The maximum absolute atomic E-state index is 13.2. The molecule has 3 aromatic carbocycles. The predicted molar refractivity (Wildman–Crippen MR) is 188 cm³/mol. The van der Waals surface area contributed by atoms with Crippen LogP contribution in [0, 0.1) is 0 Å². The molecule has 0 radical (unpaired) electrons. The monoisotopic (exact) mass is 761 g/mol. The van der Waals surface area contributed by atoms with Gasteiger partial charge in [-0.1, -0.05) is 71.2 Å². The van der Waals surface area contributed by atoms with Crippen molar-refractivity contribution in [3.63, 3.8) is 0 Å². The molecule has 1 amide bonds. The van der Waals surface area contributed by atoms with E-state index in [0.29, 0.717) is 65.9 Å². The van der Waals surface area contributed by atoms with E-state index < -0.39 is 12.5 Å². The van der Waals surface area contributed by atoms with Gasteiger partial charge in [-0.3, -0.25) is 14.4 Å². The fraction of sp³-hybridized carbons (Fsp3) is 0.447. The summed E-state index contributed by atoms with van der Waals surface area (Å²) < 4.78 is 49.0. The lowest BCUT2D eigenvalue weighted by molar-refractivity contribution is -0.261. The van der Waals surface area contributed by atoms with Crippen LogP contribution >= 0.6 is 15.9 Å². The van der Waals surface area contributed by atoms with Crippen LogP contribution in [0.4, 0.5) is 8.78 Å². The third kappa shape index (κ3) is 14.8. The Morgan fingerprint density at radius 1 is 0.760 bits per heavy atom. The number of alkyl halides is 2. The first-order valence-electron chi connectivity index (χ1n) is 17.0. The zero-order valence-electron chi connectivity index (χ0n) is 28.7. The molecule has 0 bridgehead atoms. The number of carbonyl (C=O) groups is 3. The molecule has 0 aliphatic rings. The van der Waals surface area contributed by atoms with Crippen molar-refractivity contribution in [3.05, 3.63) is 93.5 Å². The Balaban J connectivity index is 1.51. The standard InChI is InChI=1S/C38H46BrF2NO8/c1-3-46-35(43)19-13-23-49-34-18-12-17-29(33(34)20-21-36(44)47-4-2)16-10-5-6-11-22-48-32-25-30(24-31(39)26-32)37(45)42(50-38(40)41)27-28-14-8-7-9-15-28/h7-9,12,14-15,17-18,24-26,38H,3-6,10-11,13,16,19-23,27H2,1-2H3. The summed E-state index contributed by atoms with van der Waals surface area (Å²) in [5.74, 6) is -0.0842. The summed E-state index contributed by atoms with van der Waals surface area (Å²) in [6, 6.07) is 19.4. The number of hydrogen-bond donors (Lipinski definition) is 0. The van der Waals surface area contributed by atoms with Gasteiger partial charge in [-0.15, -0.1) is 0 Å². The number of nitrogens with zero attached hydrogens (tertiary/aromatic N) is 1. The summed E-state index contributed by atoms with van der Waals surface area (Å²) in [4.78, 5) is 41.5. The second-order valence-corrected chi connectivity index (χ2v) is 12.3. The van der Waals surface area contributed by atoms with Gasteiger partial charge >= 0.3 is 18.6 Å². The summed E-state index contributed by atoms with van der Waals surface area (Å²) in [5, 5.41) is 0.655. The molecule has 0 aromatic heterocycles. The summed E-state index contributed by atoms with van der Waals surface area (Å²) in [7, 11) is 0. The quantitative estimate of drug-likeness (QED) is 0.0538. The minimum atomic E-state index is -3.16. The van der Waals surface area contributed by atoms with Crippen LogP contribution in [0.3, 0.4) is 0 Å². The molecule has 0 spiro atoms. The van der Waals surface area contributed by atoms with Gasteiger partial charge in [-0.25, -0.2) is 9.90 Å². The molecule has 0 heterocycles. The largest absolute Gasteiger partial charge is 0.494 e. The number of unbranched alkanes of at least 4 members (excludes halogenated alkanes) is 3. The smallest absolute Gasteiger partial charge is 0.365 e. The van der Waals surface area contributed by atoms with Crippen molar-refractivity contribution in [2.24, 2.45) is 0 Å². The van der Waals surface area contributed by atoms with Crippen LogP contribution in [-0.2, 0) is 43.3 Å². The molecule has 0 aliphatic carbocycles. The SMILES string of the molecule is CCOC(=O)CCCOc1cccc(CCCCCCOc2cc(Br)cc(C(=O)N(Cc3ccccc3)OC(F)F)c2)c1CCC(=O)OCC. The Labute approximate surface area is 301 Å². The number of halogens is 3. The van der Waals surface area contributed by atoms with E-state index in [1.165, 1.54) is 12.1 Å². The van der Waals surface area contributed by atoms with Gasteiger partial charge in [0.05, 0.1) is 33.0 Å². The first-order chi connectivity index (χ1) is 24.2. The van der Waals surface area contributed by atoms with Gasteiger partial charge < -0.3 is 18.9 Å². The Kier molecular flexibility index (Phi) is 18.3. The third-order valence-electron chi connectivity index (χ3n) is 7.53. The van der Waals surface area contributed by atoms with Gasteiger partial charge in [0.15, 0.2) is 0 Å². The van der Waals surface area contributed by atoms with Crippen LogP contribution in [0.5, 0.6) is 11.5 Å². The fourth-order valence-corrected chi connectivity index (χ4v) is 5.71. The van der Waals surface area contributed by atoms with Crippen LogP contribution in [-0.4, -0.2) is 55.9 Å². The average molecular weight is 763 g/mol. The number of benzene rings is 3. The molecule has 0 atom stereocenters. The zero-order valence-corrected chi connectivity index (χ0v) is 30.3. The molecule has 0 saturated heterocycles. The highest BCUT2D eigenvalue weighted by atomic mass is 79.9. The number of hydrogen-bond acceptors (Lipinski definition) is 8. The number of rotatable bonds is 23. The lowest BCUT2D eigenvalue weighted by Gasteiger charge is -2.22.